The number of nitrogens with zero attached hydrogens (tertiary/aromatic N) is 2. The van der Waals surface area contributed by atoms with Crippen molar-refractivity contribution in [3.05, 3.63) is 41.7 Å². The van der Waals surface area contributed by atoms with E-state index in [1.165, 1.54) is 18.3 Å². The highest BCUT2D eigenvalue weighted by Crippen LogP contribution is 2.17. The normalized spacial score (nSPS) is 10.1. The number of anilines is 2. The molecule has 1 aromatic heterocycles. The molecule has 1 heterocycles. The molecular weight excluding hydrogens is 260 g/mol. The zero-order valence-corrected chi connectivity index (χ0v) is 11.0. The number of hydrogen-bond donors (Lipinski definition) is 3. The van der Waals surface area contributed by atoms with E-state index < -0.39 is 12.0 Å². The van der Waals surface area contributed by atoms with E-state index in [-0.39, 0.29) is 5.56 Å². The molecule has 2 aromatic rings. The van der Waals surface area contributed by atoms with Gasteiger partial charge in [0.25, 0.3) is 0 Å². The molecule has 0 saturated carbocycles. The van der Waals surface area contributed by atoms with Crippen molar-refractivity contribution in [3.8, 4) is 0 Å². The first-order valence-corrected chi connectivity index (χ1v) is 5.86. The standard InChI is InChI=1S/C13H14N4O3/c1-8-3-4-9(12(18)19)5-11(8)16-13(20)15-10-6-14-17(2)7-10/h3-7H,1-2H3,(H,18,19)(H2,15,16,20). The van der Waals surface area contributed by atoms with Crippen LogP contribution in [0.2, 0.25) is 0 Å². The Hall–Kier alpha value is -2.83. The molecule has 20 heavy (non-hydrogen) atoms. The van der Waals surface area contributed by atoms with Gasteiger partial charge in [0.1, 0.15) is 0 Å². The Bertz CT molecular complexity index is 663. The smallest absolute Gasteiger partial charge is 0.335 e. The summed E-state index contributed by atoms with van der Waals surface area (Å²) in [6, 6.07) is 4.09. The van der Waals surface area contributed by atoms with Crippen LogP contribution in [0.5, 0.6) is 0 Å². The third kappa shape index (κ3) is 3.14. The summed E-state index contributed by atoms with van der Waals surface area (Å²) in [7, 11) is 1.74. The van der Waals surface area contributed by atoms with Gasteiger partial charge in [-0.25, -0.2) is 9.59 Å². The molecule has 0 saturated heterocycles. The average Bonchev–Trinajstić information content (AvgIpc) is 2.77. The van der Waals surface area contributed by atoms with Crippen molar-refractivity contribution in [2.75, 3.05) is 10.6 Å². The molecule has 2 amide bonds. The van der Waals surface area contributed by atoms with Crippen LogP contribution < -0.4 is 10.6 Å². The first kappa shape index (κ1) is 13.6. The molecule has 0 radical (unpaired) electrons. The number of nitrogens with one attached hydrogen (secondary N) is 2. The molecule has 3 N–H and O–H groups in total. The van der Waals surface area contributed by atoms with Crippen molar-refractivity contribution < 1.29 is 14.7 Å². The van der Waals surface area contributed by atoms with Crippen LogP contribution in [0, 0.1) is 6.92 Å². The van der Waals surface area contributed by atoms with E-state index in [9.17, 15) is 9.59 Å². The molecule has 1 aromatic carbocycles. The van der Waals surface area contributed by atoms with Gasteiger partial charge in [-0.2, -0.15) is 5.10 Å². The third-order valence-corrected chi connectivity index (χ3v) is 2.70. The molecule has 0 aliphatic carbocycles. The van der Waals surface area contributed by atoms with Crippen molar-refractivity contribution in [2.24, 2.45) is 7.05 Å². The van der Waals surface area contributed by atoms with E-state index in [1.54, 1.807) is 30.9 Å². The van der Waals surface area contributed by atoms with E-state index in [1.807, 2.05) is 0 Å². The second-order valence-corrected chi connectivity index (χ2v) is 4.32. The number of benzene rings is 1. The van der Waals surface area contributed by atoms with Gasteiger partial charge in [-0.15, -0.1) is 0 Å². The summed E-state index contributed by atoms with van der Waals surface area (Å²) in [5.74, 6) is -1.04. The molecule has 0 atom stereocenters. The van der Waals surface area contributed by atoms with Gasteiger partial charge in [0, 0.05) is 18.9 Å². The minimum atomic E-state index is -1.04. The molecule has 0 aliphatic heterocycles. The van der Waals surface area contributed by atoms with Gasteiger partial charge in [-0.05, 0) is 24.6 Å². The van der Waals surface area contributed by atoms with Gasteiger partial charge < -0.3 is 15.7 Å². The fourth-order valence-corrected chi connectivity index (χ4v) is 1.66. The fourth-order valence-electron chi connectivity index (χ4n) is 1.66. The fraction of sp³-hybridized carbons (Fsp3) is 0.154. The lowest BCUT2D eigenvalue weighted by atomic mass is 10.1. The number of carbonyl (C=O) groups excluding carboxylic acids is 1. The highest BCUT2D eigenvalue weighted by atomic mass is 16.4. The molecule has 0 aliphatic rings. The first-order chi connectivity index (χ1) is 9.45. The summed E-state index contributed by atoms with van der Waals surface area (Å²) >= 11 is 0. The number of urea groups is 1. The van der Waals surface area contributed by atoms with E-state index in [4.69, 9.17) is 5.11 Å². The molecule has 0 fully saturated rings. The van der Waals surface area contributed by atoms with Crippen LogP contribution >= 0.6 is 0 Å². The number of carbonyl (C=O) groups is 2. The maximum Gasteiger partial charge on any atom is 0.335 e. The quantitative estimate of drug-likeness (QED) is 0.798. The number of aromatic carboxylic acids is 1. The Balaban J connectivity index is 2.11. The molecule has 0 unspecified atom stereocenters. The van der Waals surface area contributed by atoms with Crippen molar-refractivity contribution in [1.82, 2.24) is 9.78 Å². The third-order valence-electron chi connectivity index (χ3n) is 2.70. The van der Waals surface area contributed by atoms with Gasteiger partial charge in [0.2, 0.25) is 0 Å². The SMILES string of the molecule is Cc1ccc(C(=O)O)cc1NC(=O)Nc1cnn(C)c1. The minimum Gasteiger partial charge on any atom is -0.478 e. The van der Waals surface area contributed by atoms with Crippen molar-refractivity contribution in [2.45, 2.75) is 6.92 Å². The zero-order valence-electron chi connectivity index (χ0n) is 11.0. The van der Waals surface area contributed by atoms with Crippen LogP contribution in [0.4, 0.5) is 16.2 Å². The van der Waals surface area contributed by atoms with E-state index in [0.29, 0.717) is 11.4 Å². The predicted molar refractivity (Wildman–Crippen MR) is 74.0 cm³/mol. The molecule has 7 heteroatoms. The number of rotatable bonds is 3. The molecule has 104 valence electrons. The Labute approximate surface area is 115 Å². The Morgan fingerprint density at radius 1 is 1.30 bits per heavy atom. The summed E-state index contributed by atoms with van der Waals surface area (Å²) < 4.78 is 1.56. The van der Waals surface area contributed by atoms with Crippen molar-refractivity contribution >= 4 is 23.4 Å². The van der Waals surface area contributed by atoms with Gasteiger partial charge in [0.15, 0.2) is 0 Å². The summed E-state index contributed by atoms with van der Waals surface area (Å²) in [5, 5.41) is 18.1. The van der Waals surface area contributed by atoms with Gasteiger partial charge in [-0.1, -0.05) is 6.07 Å². The highest BCUT2D eigenvalue weighted by Gasteiger charge is 2.09. The van der Waals surface area contributed by atoms with Crippen LogP contribution in [0.3, 0.4) is 0 Å². The number of aromatic nitrogens is 2. The van der Waals surface area contributed by atoms with Crippen LogP contribution in [0.1, 0.15) is 15.9 Å². The second kappa shape index (κ2) is 5.43. The second-order valence-electron chi connectivity index (χ2n) is 4.32. The summed E-state index contributed by atoms with van der Waals surface area (Å²) in [5.41, 5.74) is 1.90. The molecular formula is C13H14N4O3. The van der Waals surface area contributed by atoms with Crippen molar-refractivity contribution in [1.29, 1.82) is 0 Å². The lowest BCUT2D eigenvalue weighted by Gasteiger charge is -2.09. The lowest BCUT2D eigenvalue weighted by molar-refractivity contribution is 0.0697. The van der Waals surface area contributed by atoms with E-state index in [2.05, 4.69) is 15.7 Å². The van der Waals surface area contributed by atoms with Crippen LogP contribution in [0.15, 0.2) is 30.6 Å². The minimum absolute atomic E-state index is 0.118. The Morgan fingerprint density at radius 2 is 2.05 bits per heavy atom. The maximum atomic E-state index is 11.8. The molecule has 7 nitrogen and oxygen atoms in total. The summed E-state index contributed by atoms with van der Waals surface area (Å²) in [6.07, 6.45) is 3.17. The van der Waals surface area contributed by atoms with E-state index in [0.717, 1.165) is 5.56 Å². The van der Waals surface area contributed by atoms with Crippen LogP contribution in [-0.4, -0.2) is 26.9 Å². The average molecular weight is 274 g/mol. The van der Waals surface area contributed by atoms with E-state index >= 15 is 0 Å². The van der Waals surface area contributed by atoms with Crippen LogP contribution in [-0.2, 0) is 7.05 Å². The topological polar surface area (TPSA) is 96.2 Å². The van der Waals surface area contributed by atoms with Gasteiger partial charge >= 0.3 is 12.0 Å². The zero-order chi connectivity index (χ0) is 14.7. The summed E-state index contributed by atoms with van der Waals surface area (Å²) in [6.45, 7) is 1.78. The Morgan fingerprint density at radius 3 is 2.65 bits per heavy atom. The largest absolute Gasteiger partial charge is 0.478 e. The number of hydrogen-bond acceptors (Lipinski definition) is 3. The number of aryl methyl sites for hydroxylation is 2. The number of carboxylic acid groups (broad SMARTS) is 1. The first-order valence-electron chi connectivity index (χ1n) is 5.86. The predicted octanol–water partition coefficient (Wildman–Crippen LogP) is 2.07. The van der Waals surface area contributed by atoms with Gasteiger partial charge in [-0.3, -0.25) is 4.68 Å². The highest BCUT2D eigenvalue weighted by molar-refractivity contribution is 6.01. The Kier molecular flexibility index (Phi) is 3.69. The monoisotopic (exact) mass is 274 g/mol. The van der Waals surface area contributed by atoms with Crippen molar-refractivity contribution in [3.63, 3.8) is 0 Å². The maximum absolute atomic E-state index is 11.8. The number of amides is 2. The summed E-state index contributed by atoms with van der Waals surface area (Å²) in [4.78, 5) is 22.7. The molecule has 0 spiro atoms. The number of carboxylic acids is 1. The van der Waals surface area contributed by atoms with Crippen LogP contribution in [0.25, 0.3) is 0 Å². The lowest BCUT2D eigenvalue weighted by Crippen LogP contribution is -2.20. The molecule has 0 bridgehead atoms. The van der Waals surface area contributed by atoms with Gasteiger partial charge in [0.05, 0.1) is 17.4 Å². The molecule has 2 rings (SSSR count).